The zero-order valence-corrected chi connectivity index (χ0v) is 20.1. The normalized spacial score (nSPS) is 14.2. The lowest BCUT2D eigenvalue weighted by Gasteiger charge is -2.27. The number of nitriles is 1. The first-order chi connectivity index (χ1) is 18.5. The van der Waals surface area contributed by atoms with Crippen molar-refractivity contribution in [2.24, 2.45) is 5.73 Å². The van der Waals surface area contributed by atoms with Crippen molar-refractivity contribution in [3.8, 4) is 29.1 Å². The van der Waals surface area contributed by atoms with Crippen molar-refractivity contribution in [3.63, 3.8) is 0 Å². The van der Waals surface area contributed by atoms with Gasteiger partial charge in [-0.2, -0.15) is 5.26 Å². The van der Waals surface area contributed by atoms with Crippen LogP contribution >= 0.6 is 0 Å². The molecule has 1 aromatic heterocycles. The summed E-state index contributed by atoms with van der Waals surface area (Å²) in [5.41, 5.74) is 8.04. The fourth-order valence-electron chi connectivity index (χ4n) is 4.15. The van der Waals surface area contributed by atoms with Gasteiger partial charge in [0.2, 0.25) is 11.6 Å². The molecule has 2 heterocycles. The third-order valence-electron chi connectivity index (χ3n) is 5.99. The Bertz CT molecular complexity index is 1570. The molecule has 9 heteroatoms. The van der Waals surface area contributed by atoms with Gasteiger partial charge in [-0.15, -0.1) is 0 Å². The van der Waals surface area contributed by atoms with Crippen LogP contribution in [0.4, 0.5) is 4.39 Å². The van der Waals surface area contributed by atoms with E-state index in [1.54, 1.807) is 54.6 Å². The third-order valence-corrected chi connectivity index (χ3v) is 5.99. The van der Waals surface area contributed by atoms with Gasteiger partial charge in [-0.1, -0.05) is 30.3 Å². The Hall–Kier alpha value is -5.23. The maximum absolute atomic E-state index is 14.0. The smallest absolute Gasteiger partial charge is 0.379 e. The van der Waals surface area contributed by atoms with Crippen LogP contribution in [0.15, 0.2) is 94.9 Å². The first kappa shape index (κ1) is 24.5. The molecule has 1 atom stereocenters. The summed E-state index contributed by atoms with van der Waals surface area (Å²) in [4.78, 5) is 12.3. The van der Waals surface area contributed by atoms with Gasteiger partial charge in [-0.3, -0.25) is 0 Å². The fraction of sp³-hybridized carbons (Fsp3) is 0.103. The Morgan fingerprint density at radius 2 is 1.92 bits per heavy atom. The van der Waals surface area contributed by atoms with Crippen LogP contribution in [0.25, 0.3) is 0 Å². The van der Waals surface area contributed by atoms with Crippen LogP contribution in [-0.4, -0.2) is 13.1 Å². The molecule has 5 rings (SSSR count). The summed E-state index contributed by atoms with van der Waals surface area (Å²) in [6.45, 7) is 0.0122. The summed E-state index contributed by atoms with van der Waals surface area (Å²) in [5, 5.41) is 9.88. The van der Waals surface area contributed by atoms with E-state index >= 15 is 0 Å². The number of furan rings is 1. The van der Waals surface area contributed by atoms with Crippen molar-refractivity contribution in [2.45, 2.75) is 12.5 Å². The molecule has 1 aliphatic rings. The minimum Gasteiger partial charge on any atom is -0.493 e. The first-order valence-electron chi connectivity index (χ1n) is 11.5. The van der Waals surface area contributed by atoms with E-state index in [0.717, 1.165) is 0 Å². The topological polar surface area (TPSA) is 117 Å². The molecule has 0 aliphatic carbocycles. The fourth-order valence-corrected chi connectivity index (χ4v) is 4.15. The van der Waals surface area contributed by atoms with Gasteiger partial charge >= 0.3 is 5.97 Å². The maximum atomic E-state index is 14.0. The van der Waals surface area contributed by atoms with Crippen LogP contribution in [-0.2, 0) is 6.61 Å². The van der Waals surface area contributed by atoms with E-state index in [9.17, 15) is 14.4 Å². The van der Waals surface area contributed by atoms with Gasteiger partial charge < -0.3 is 29.1 Å². The Morgan fingerprint density at radius 3 is 2.66 bits per heavy atom. The molecule has 0 saturated heterocycles. The quantitative estimate of drug-likeness (QED) is 0.257. The molecule has 0 radical (unpaired) electrons. The Kier molecular flexibility index (Phi) is 6.70. The highest BCUT2D eigenvalue weighted by Crippen LogP contribution is 2.45. The molecule has 0 fully saturated rings. The van der Waals surface area contributed by atoms with Gasteiger partial charge in [-0.05, 0) is 42.0 Å². The number of carbonyl (C=O) groups excluding carboxylic acids is 1. The van der Waals surface area contributed by atoms with Gasteiger partial charge in [0.05, 0.1) is 19.3 Å². The van der Waals surface area contributed by atoms with Gasteiger partial charge in [-0.25, -0.2) is 9.18 Å². The number of halogens is 1. The number of hydrogen-bond donors (Lipinski definition) is 1. The van der Waals surface area contributed by atoms with Crippen molar-refractivity contribution >= 4 is 5.97 Å². The molecule has 4 aromatic rings. The Labute approximate surface area is 217 Å². The van der Waals surface area contributed by atoms with Gasteiger partial charge in [0.25, 0.3) is 0 Å². The number of fused-ring (bicyclic) bond motifs is 1. The molecule has 1 aliphatic heterocycles. The summed E-state index contributed by atoms with van der Waals surface area (Å²) in [6, 6.07) is 21.6. The zero-order valence-electron chi connectivity index (χ0n) is 20.1. The molecule has 38 heavy (non-hydrogen) atoms. The Balaban J connectivity index is 1.45. The molecule has 0 spiro atoms. The second-order valence-corrected chi connectivity index (χ2v) is 8.28. The minimum absolute atomic E-state index is 0.0122. The summed E-state index contributed by atoms with van der Waals surface area (Å²) in [6.07, 6.45) is 1.37. The molecular weight excluding hydrogens is 491 g/mol. The molecule has 3 aromatic carbocycles. The molecule has 190 valence electrons. The lowest BCUT2D eigenvalue weighted by Crippen LogP contribution is -2.21. The number of allylic oxidation sites excluding steroid dienone is 1. The van der Waals surface area contributed by atoms with E-state index in [4.69, 9.17) is 29.1 Å². The first-order valence-corrected chi connectivity index (χ1v) is 11.5. The number of benzene rings is 3. The van der Waals surface area contributed by atoms with Gasteiger partial charge in [0.1, 0.15) is 35.6 Å². The number of methoxy groups -OCH3 is 1. The third kappa shape index (κ3) is 4.75. The van der Waals surface area contributed by atoms with Gasteiger partial charge in [0.15, 0.2) is 11.5 Å². The number of rotatable bonds is 7. The predicted molar refractivity (Wildman–Crippen MR) is 133 cm³/mol. The molecule has 2 N–H and O–H groups in total. The van der Waals surface area contributed by atoms with Crippen molar-refractivity contribution < 1.29 is 32.5 Å². The molecule has 8 nitrogen and oxygen atoms in total. The maximum Gasteiger partial charge on any atom is 0.379 e. The molecule has 0 bridgehead atoms. The average Bonchev–Trinajstić information content (AvgIpc) is 3.47. The highest BCUT2D eigenvalue weighted by molar-refractivity contribution is 5.88. The predicted octanol–water partition coefficient (Wildman–Crippen LogP) is 5.44. The minimum atomic E-state index is -0.667. The molecule has 1 unspecified atom stereocenters. The largest absolute Gasteiger partial charge is 0.493 e. The van der Waals surface area contributed by atoms with Crippen molar-refractivity contribution in [3.05, 3.63) is 119 Å². The highest BCUT2D eigenvalue weighted by Gasteiger charge is 2.32. The molecule has 0 amide bonds. The van der Waals surface area contributed by atoms with E-state index in [1.165, 1.54) is 31.6 Å². The zero-order chi connectivity index (χ0) is 26.6. The summed E-state index contributed by atoms with van der Waals surface area (Å²) < 4.78 is 41.5. The van der Waals surface area contributed by atoms with Crippen LogP contribution < -0.4 is 24.7 Å². The summed E-state index contributed by atoms with van der Waals surface area (Å²) >= 11 is 0. The highest BCUT2D eigenvalue weighted by atomic mass is 19.1. The SMILES string of the molecule is COc1cc(C2C(C#N)=C(N)Oc3cc(OC(=O)c4ccco4)ccc32)ccc1OCc1ccccc1F. The lowest BCUT2D eigenvalue weighted by molar-refractivity contribution is 0.0701. The van der Waals surface area contributed by atoms with Crippen LogP contribution in [0.1, 0.15) is 33.2 Å². The van der Waals surface area contributed by atoms with Crippen LogP contribution in [0, 0.1) is 17.1 Å². The second-order valence-electron chi connectivity index (χ2n) is 8.28. The van der Waals surface area contributed by atoms with E-state index in [-0.39, 0.29) is 35.4 Å². The number of ether oxygens (including phenoxy) is 4. The van der Waals surface area contributed by atoms with E-state index in [1.807, 2.05) is 0 Å². The van der Waals surface area contributed by atoms with E-state index in [0.29, 0.717) is 33.9 Å². The molecule has 0 saturated carbocycles. The monoisotopic (exact) mass is 512 g/mol. The number of nitrogens with zero attached hydrogens (tertiary/aromatic N) is 1. The second kappa shape index (κ2) is 10.4. The average molecular weight is 512 g/mol. The summed E-state index contributed by atoms with van der Waals surface area (Å²) in [7, 11) is 1.49. The van der Waals surface area contributed by atoms with Crippen LogP contribution in [0.3, 0.4) is 0 Å². The van der Waals surface area contributed by atoms with Gasteiger partial charge in [0, 0.05) is 17.2 Å². The lowest BCUT2D eigenvalue weighted by atomic mass is 9.83. The van der Waals surface area contributed by atoms with Crippen LogP contribution in [0.5, 0.6) is 23.0 Å². The summed E-state index contributed by atoms with van der Waals surface area (Å²) in [5.74, 6) is -0.297. The van der Waals surface area contributed by atoms with Crippen molar-refractivity contribution in [1.29, 1.82) is 5.26 Å². The van der Waals surface area contributed by atoms with Crippen molar-refractivity contribution in [2.75, 3.05) is 7.11 Å². The number of esters is 1. The Morgan fingerprint density at radius 1 is 1.08 bits per heavy atom. The van der Waals surface area contributed by atoms with E-state index in [2.05, 4.69) is 6.07 Å². The van der Waals surface area contributed by atoms with Crippen molar-refractivity contribution in [1.82, 2.24) is 0 Å². The van der Waals surface area contributed by atoms with Crippen LogP contribution in [0.2, 0.25) is 0 Å². The number of nitrogens with two attached hydrogens (primary N) is 1. The molecular formula is C29H21FN2O6. The van der Waals surface area contributed by atoms with E-state index < -0.39 is 11.9 Å². The number of carbonyl (C=O) groups is 1. The standard InChI is InChI=1S/C29H21FN2O6/c1-34-26-13-17(8-11-23(26)36-16-18-5-2-3-6-22(18)30)27-20-10-9-19(37-29(33)24-7-4-12-35-24)14-25(20)38-28(32)21(27)15-31/h2-14,27H,16,32H2,1H3. The number of hydrogen-bond acceptors (Lipinski definition) is 8.